The zero-order chi connectivity index (χ0) is 15.0. The monoisotopic (exact) mass is 294 g/mol. The summed E-state index contributed by atoms with van der Waals surface area (Å²) in [5.41, 5.74) is -0.0172. The van der Waals surface area contributed by atoms with Crippen LogP contribution < -0.4 is 10.6 Å². The molecule has 0 bridgehead atoms. The normalized spacial score (nSPS) is 28.2. The number of amides is 1. The molecule has 1 saturated heterocycles. The Bertz CT molecular complexity index is 547. The summed E-state index contributed by atoms with van der Waals surface area (Å²) in [7, 11) is 0. The van der Waals surface area contributed by atoms with Crippen LogP contribution in [0.15, 0.2) is 12.1 Å². The summed E-state index contributed by atoms with van der Waals surface area (Å²) in [5.74, 6) is -1.25. The summed E-state index contributed by atoms with van der Waals surface area (Å²) in [5, 5.41) is 5.73. The minimum atomic E-state index is -0.734. The molecule has 1 amide bonds. The summed E-state index contributed by atoms with van der Waals surface area (Å²) in [6.07, 6.45) is 5.36. The first kappa shape index (κ1) is 14.4. The van der Waals surface area contributed by atoms with Crippen molar-refractivity contribution in [3.63, 3.8) is 0 Å². The van der Waals surface area contributed by atoms with E-state index in [9.17, 15) is 13.6 Å². The first-order valence-corrected chi connectivity index (χ1v) is 7.58. The summed E-state index contributed by atoms with van der Waals surface area (Å²) in [4.78, 5) is 12.3. The summed E-state index contributed by atoms with van der Waals surface area (Å²) >= 11 is 0. The van der Waals surface area contributed by atoms with Crippen LogP contribution in [-0.4, -0.2) is 18.0 Å². The van der Waals surface area contributed by atoms with Crippen LogP contribution in [0.3, 0.4) is 0 Å². The van der Waals surface area contributed by atoms with Gasteiger partial charge in [0.2, 0.25) is 5.91 Å². The fourth-order valence-electron chi connectivity index (χ4n) is 3.50. The molecule has 3 unspecified atom stereocenters. The second-order valence-electron chi connectivity index (χ2n) is 6.15. The van der Waals surface area contributed by atoms with Crippen molar-refractivity contribution in [2.45, 2.75) is 51.1 Å². The number of anilines is 1. The van der Waals surface area contributed by atoms with E-state index >= 15 is 0 Å². The maximum absolute atomic E-state index is 13.9. The smallest absolute Gasteiger partial charge is 0.241 e. The molecular weight excluding hydrogens is 274 g/mol. The first-order chi connectivity index (χ1) is 10.1. The van der Waals surface area contributed by atoms with Crippen LogP contribution in [0.4, 0.5) is 14.5 Å². The van der Waals surface area contributed by atoms with E-state index in [4.69, 9.17) is 0 Å². The predicted molar refractivity (Wildman–Crippen MR) is 77.0 cm³/mol. The third-order valence-corrected chi connectivity index (χ3v) is 4.71. The third-order valence-electron chi connectivity index (χ3n) is 4.71. The Hall–Kier alpha value is -1.49. The van der Waals surface area contributed by atoms with Gasteiger partial charge in [-0.2, -0.15) is 0 Å². The highest BCUT2D eigenvalue weighted by atomic mass is 19.1. The van der Waals surface area contributed by atoms with Crippen LogP contribution in [0.5, 0.6) is 0 Å². The van der Waals surface area contributed by atoms with Crippen LogP contribution in [-0.2, 0) is 4.79 Å². The third kappa shape index (κ3) is 2.79. The highest BCUT2D eigenvalue weighted by Gasteiger charge is 2.38. The van der Waals surface area contributed by atoms with Crippen molar-refractivity contribution >= 4 is 11.6 Å². The largest absolute Gasteiger partial charge is 0.320 e. The van der Waals surface area contributed by atoms with Crippen LogP contribution in [0.25, 0.3) is 0 Å². The van der Waals surface area contributed by atoms with Crippen molar-refractivity contribution < 1.29 is 13.6 Å². The lowest BCUT2D eigenvalue weighted by atomic mass is 9.85. The SMILES string of the molecule is Cc1ccc(F)c(NC(=O)C2CC3CCCCC3N2)c1F. The number of hydrogen-bond acceptors (Lipinski definition) is 2. The number of carbonyl (C=O) groups is 1. The quantitative estimate of drug-likeness (QED) is 0.880. The molecule has 3 atom stereocenters. The molecule has 2 aliphatic rings. The number of rotatable bonds is 2. The Balaban J connectivity index is 1.71. The molecule has 0 radical (unpaired) electrons. The average molecular weight is 294 g/mol. The van der Waals surface area contributed by atoms with E-state index in [0.717, 1.165) is 19.3 Å². The van der Waals surface area contributed by atoms with Crippen LogP contribution >= 0.6 is 0 Å². The Morgan fingerprint density at radius 2 is 2.05 bits per heavy atom. The van der Waals surface area contributed by atoms with Gasteiger partial charge in [-0.25, -0.2) is 8.78 Å². The van der Waals surface area contributed by atoms with Gasteiger partial charge in [-0.15, -0.1) is 0 Å². The molecule has 1 aromatic rings. The molecule has 1 aliphatic heterocycles. The number of nitrogens with one attached hydrogen (secondary N) is 2. The number of fused-ring (bicyclic) bond motifs is 1. The lowest BCUT2D eigenvalue weighted by Crippen LogP contribution is -2.40. The zero-order valence-electron chi connectivity index (χ0n) is 12.1. The van der Waals surface area contributed by atoms with Crippen molar-refractivity contribution in [3.05, 3.63) is 29.3 Å². The highest BCUT2D eigenvalue weighted by molar-refractivity contribution is 5.95. The molecule has 0 spiro atoms. The first-order valence-electron chi connectivity index (χ1n) is 7.58. The second kappa shape index (κ2) is 5.72. The predicted octanol–water partition coefficient (Wildman–Crippen LogP) is 3.13. The van der Waals surface area contributed by atoms with Gasteiger partial charge < -0.3 is 10.6 Å². The van der Waals surface area contributed by atoms with Crippen molar-refractivity contribution in [3.8, 4) is 0 Å². The molecule has 0 aromatic heterocycles. The number of aryl methyl sites for hydroxylation is 1. The molecule has 114 valence electrons. The number of benzene rings is 1. The Kier molecular flexibility index (Phi) is 3.93. The Morgan fingerprint density at radius 1 is 1.29 bits per heavy atom. The Morgan fingerprint density at radius 3 is 2.81 bits per heavy atom. The van der Waals surface area contributed by atoms with E-state index in [1.807, 2.05) is 0 Å². The van der Waals surface area contributed by atoms with Crippen LogP contribution in [0.2, 0.25) is 0 Å². The van der Waals surface area contributed by atoms with Gasteiger partial charge in [-0.05, 0) is 43.7 Å². The molecule has 2 fully saturated rings. The molecule has 1 aliphatic carbocycles. The molecule has 21 heavy (non-hydrogen) atoms. The van der Waals surface area contributed by atoms with Crippen molar-refractivity contribution in [1.82, 2.24) is 5.32 Å². The fourth-order valence-corrected chi connectivity index (χ4v) is 3.50. The van der Waals surface area contributed by atoms with E-state index in [1.165, 1.54) is 25.0 Å². The van der Waals surface area contributed by atoms with Crippen molar-refractivity contribution in [2.24, 2.45) is 5.92 Å². The topological polar surface area (TPSA) is 41.1 Å². The maximum atomic E-state index is 13.9. The van der Waals surface area contributed by atoms with Crippen LogP contribution in [0, 0.1) is 24.5 Å². The van der Waals surface area contributed by atoms with E-state index in [0.29, 0.717) is 17.5 Å². The number of carbonyl (C=O) groups excluding carboxylic acids is 1. The average Bonchev–Trinajstić information content (AvgIpc) is 2.91. The second-order valence-corrected chi connectivity index (χ2v) is 6.15. The van der Waals surface area contributed by atoms with Gasteiger partial charge >= 0.3 is 0 Å². The maximum Gasteiger partial charge on any atom is 0.241 e. The number of halogens is 2. The molecular formula is C16H20F2N2O. The highest BCUT2D eigenvalue weighted by Crippen LogP contribution is 2.33. The minimum Gasteiger partial charge on any atom is -0.320 e. The minimum absolute atomic E-state index is 0.319. The van der Waals surface area contributed by atoms with Gasteiger partial charge in [0.25, 0.3) is 0 Å². The molecule has 3 nitrogen and oxygen atoms in total. The molecule has 1 saturated carbocycles. The molecule has 2 N–H and O–H groups in total. The van der Waals surface area contributed by atoms with Gasteiger partial charge in [0.05, 0.1) is 6.04 Å². The standard InChI is InChI=1S/C16H20F2N2O/c1-9-6-7-11(17)15(14(9)18)20-16(21)13-8-10-4-2-3-5-12(10)19-13/h6-7,10,12-13,19H,2-5,8H2,1H3,(H,20,21). The molecule has 5 heteroatoms. The molecule has 1 aromatic carbocycles. The van der Waals surface area contributed by atoms with Crippen molar-refractivity contribution in [2.75, 3.05) is 5.32 Å². The van der Waals surface area contributed by atoms with E-state index < -0.39 is 11.6 Å². The summed E-state index contributed by atoms with van der Waals surface area (Å²) in [6, 6.07) is 2.57. The van der Waals surface area contributed by atoms with Gasteiger partial charge in [-0.1, -0.05) is 18.9 Å². The number of hydrogen-bond donors (Lipinski definition) is 2. The molecule has 1 heterocycles. The van der Waals surface area contributed by atoms with Gasteiger partial charge in [-0.3, -0.25) is 4.79 Å². The lowest BCUT2D eigenvalue weighted by Gasteiger charge is -2.24. The van der Waals surface area contributed by atoms with Crippen molar-refractivity contribution in [1.29, 1.82) is 0 Å². The van der Waals surface area contributed by atoms with Gasteiger partial charge in [0.1, 0.15) is 11.5 Å². The van der Waals surface area contributed by atoms with Crippen LogP contribution in [0.1, 0.15) is 37.7 Å². The zero-order valence-corrected chi connectivity index (χ0v) is 12.1. The van der Waals surface area contributed by atoms with Gasteiger partial charge in [0.15, 0.2) is 5.82 Å². The summed E-state index contributed by atoms with van der Waals surface area (Å²) in [6.45, 7) is 1.55. The molecule has 3 rings (SSSR count). The lowest BCUT2D eigenvalue weighted by molar-refractivity contribution is -0.117. The van der Waals surface area contributed by atoms with E-state index in [-0.39, 0.29) is 17.6 Å². The van der Waals surface area contributed by atoms with E-state index in [2.05, 4.69) is 10.6 Å². The van der Waals surface area contributed by atoms with E-state index in [1.54, 1.807) is 6.92 Å². The summed E-state index contributed by atoms with van der Waals surface area (Å²) < 4.78 is 27.6. The van der Waals surface area contributed by atoms with Gasteiger partial charge in [0, 0.05) is 6.04 Å². The Labute approximate surface area is 123 Å². The fraction of sp³-hybridized carbons (Fsp3) is 0.562.